The normalized spacial score (nSPS) is 11.9. The van der Waals surface area contributed by atoms with Gasteiger partial charge in [0.25, 0.3) is 5.91 Å². The van der Waals surface area contributed by atoms with Crippen LogP contribution in [0.3, 0.4) is 0 Å². The van der Waals surface area contributed by atoms with Gasteiger partial charge in [0.1, 0.15) is 6.54 Å². The highest BCUT2D eigenvalue weighted by Gasteiger charge is 2.15. The van der Waals surface area contributed by atoms with Crippen molar-refractivity contribution in [3.05, 3.63) is 63.3 Å². The predicted molar refractivity (Wildman–Crippen MR) is 96.4 cm³/mol. The van der Waals surface area contributed by atoms with E-state index in [2.05, 4.69) is 33.9 Å². The zero-order valence-electron chi connectivity index (χ0n) is 12.6. The minimum atomic E-state index is 0.0260. The van der Waals surface area contributed by atoms with Gasteiger partial charge in [-0.2, -0.15) is 0 Å². The molecule has 116 valence electrons. The van der Waals surface area contributed by atoms with Gasteiger partial charge in [-0.15, -0.1) is 11.3 Å². The topological polar surface area (TPSA) is 33.5 Å². The molecule has 1 aromatic heterocycles. The predicted octanol–water partition coefficient (Wildman–Crippen LogP) is 3.03. The molecule has 0 aliphatic carbocycles. The number of quaternary nitrogens is 1. The molecule has 1 unspecified atom stereocenters. The Hall–Kier alpha value is -1.43. The Balaban J connectivity index is 1.94. The van der Waals surface area contributed by atoms with E-state index in [1.54, 1.807) is 11.3 Å². The number of carbonyl (C=O) groups is 1. The Morgan fingerprint density at radius 2 is 2.23 bits per heavy atom. The molecule has 2 N–H and O–H groups in total. The van der Waals surface area contributed by atoms with Crippen LogP contribution in [0.5, 0.6) is 0 Å². The standard InChI is InChI=1S/C17H19BrN2OS/c1-3-9-20(11-15-7-8-16(18)22-15)12-17(21)19-14-6-4-5-13(2)10-14/h3-8,10H,1,9,11-12H2,2H3,(H,19,21)/p+1. The van der Waals surface area contributed by atoms with Gasteiger partial charge in [0, 0.05) is 5.69 Å². The van der Waals surface area contributed by atoms with Gasteiger partial charge in [0.2, 0.25) is 0 Å². The highest BCUT2D eigenvalue weighted by Crippen LogP contribution is 2.21. The molecule has 0 radical (unpaired) electrons. The Morgan fingerprint density at radius 3 is 2.86 bits per heavy atom. The molecular formula is C17H20BrN2OS+. The summed E-state index contributed by atoms with van der Waals surface area (Å²) in [5.41, 5.74) is 1.98. The van der Waals surface area contributed by atoms with Crippen LogP contribution in [0.4, 0.5) is 5.69 Å². The molecule has 1 amide bonds. The molecule has 1 aromatic carbocycles. The van der Waals surface area contributed by atoms with Crippen molar-refractivity contribution in [2.45, 2.75) is 13.5 Å². The van der Waals surface area contributed by atoms with Crippen molar-refractivity contribution in [1.29, 1.82) is 0 Å². The monoisotopic (exact) mass is 379 g/mol. The van der Waals surface area contributed by atoms with Gasteiger partial charge in [-0.05, 0) is 58.8 Å². The summed E-state index contributed by atoms with van der Waals surface area (Å²) in [4.78, 5) is 14.7. The second-order valence-corrected chi connectivity index (χ2v) is 7.77. The number of benzene rings is 1. The van der Waals surface area contributed by atoms with Gasteiger partial charge in [-0.25, -0.2) is 0 Å². The van der Waals surface area contributed by atoms with Crippen molar-refractivity contribution in [1.82, 2.24) is 0 Å². The zero-order chi connectivity index (χ0) is 15.9. The van der Waals surface area contributed by atoms with Crippen LogP contribution in [-0.2, 0) is 11.3 Å². The van der Waals surface area contributed by atoms with E-state index < -0.39 is 0 Å². The summed E-state index contributed by atoms with van der Waals surface area (Å²) >= 11 is 5.18. The number of anilines is 1. The number of hydrogen-bond acceptors (Lipinski definition) is 2. The lowest BCUT2D eigenvalue weighted by molar-refractivity contribution is -0.899. The summed E-state index contributed by atoms with van der Waals surface area (Å²) in [6.45, 7) is 7.81. The number of halogens is 1. The van der Waals surface area contributed by atoms with Crippen LogP contribution in [0.1, 0.15) is 10.4 Å². The molecule has 1 atom stereocenters. The Labute approximate surface area is 143 Å². The Bertz CT molecular complexity index is 654. The van der Waals surface area contributed by atoms with Crippen molar-refractivity contribution in [2.24, 2.45) is 0 Å². The third kappa shape index (κ3) is 5.40. The van der Waals surface area contributed by atoms with Crippen molar-refractivity contribution in [2.75, 3.05) is 18.4 Å². The molecule has 0 fully saturated rings. The van der Waals surface area contributed by atoms with Crippen molar-refractivity contribution < 1.29 is 9.69 Å². The van der Waals surface area contributed by atoms with Gasteiger partial charge >= 0.3 is 0 Å². The van der Waals surface area contributed by atoms with E-state index in [0.29, 0.717) is 6.54 Å². The van der Waals surface area contributed by atoms with E-state index in [9.17, 15) is 4.79 Å². The lowest BCUT2D eigenvalue weighted by Crippen LogP contribution is -3.11. The number of carbonyl (C=O) groups excluding carboxylic acids is 1. The van der Waals surface area contributed by atoms with Gasteiger partial charge < -0.3 is 10.2 Å². The van der Waals surface area contributed by atoms with Crippen LogP contribution in [0, 0.1) is 6.92 Å². The highest BCUT2D eigenvalue weighted by molar-refractivity contribution is 9.11. The van der Waals surface area contributed by atoms with Crippen molar-refractivity contribution >= 4 is 38.9 Å². The number of amides is 1. The fourth-order valence-electron chi connectivity index (χ4n) is 2.26. The number of hydrogen-bond donors (Lipinski definition) is 2. The third-order valence-corrected chi connectivity index (χ3v) is 4.82. The van der Waals surface area contributed by atoms with Gasteiger partial charge in [-0.3, -0.25) is 4.79 Å². The van der Waals surface area contributed by atoms with E-state index in [-0.39, 0.29) is 5.91 Å². The molecule has 22 heavy (non-hydrogen) atoms. The zero-order valence-corrected chi connectivity index (χ0v) is 15.0. The minimum Gasteiger partial charge on any atom is -0.321 e. The summed E-state index contributed by atoms with van der Waals surface area (Å²) in [6, 6.07) is 12.0. The first-order valence-electron chi connectivity index (χ1n) is 7.12. The summed E-state index contributed by atoms with van der Waals surface area (Å²) in [7, 11) is 0. The second kappa shape index (κ2) is 8.27. The van der Waals surface area contributed by atoms with Crippen molar-refractivity contribution in [3.8, 4) is 0 Å². The molecule has 3 nitrogen and oxygen atoms in total. The number of aryl methyl sites for hydroxylation is 1. The average Bonchev–Trinajstić information content (AvgIpc) is 2.84. The first kappa shape index (κ1) is 16.9. The first-order chi connectivity index (χ1) is 10.6. The number of thiophene rings is 1. The first-order valence-corrected chi connectivity index (χ1v) is 8.73. The van der Waals surface area contributed by atoms with Crippen LogP contribution in [0.25, 0.3) is 0 Å². The smallest absolute Gasteiger partial charge is 0.279 e. The molecule has 0 aliphatic rings. The fraction of sp³-hybridized carbons (Fsp3) is 0.235. The number of rotatable bonds is 7. The molecule has 0 spiro atoms. The summed E-state index contributed by atoms with van der Waals surface area (Å²) in [5.74, 6) is 0.0260. The molecule has 2 rings (SSSR count). The summed E-state index contributed by atoms with van der Waals surface area (Å²) in [6.07, 6.45) is 1.86. The number of nitrogens with one attached hydrogen (secondary N) is 2. The third-order valence-electron chi connectivity index (χ3n) is 3.20. The molecule has 0 saturated heterocycles. The van der Waals surface area contributed by atoms with Crippen LogP contribution >= 0.6 is 27.3 Å². The van der Waals surface area contributed by atoms with Crippen LogP contribution in [0.15, 0.2) is 52.8 Å². The maximum atomic E-state index is 12.2. The largest absolute Gasteiger partial charge is 0.321 e. The van der Waals surface area contributed by atoms with E-state index >= 15 is 0 Å². The Morgan fingerprint density at radius 1 is 1.41 bits per heavy atom. The van der Waals surface area contributed by atoms with Gasteiger partial charge in [-0.1, -0.05) is 18.7 Å². The molecular weight excluding hydrogens is 360 g/mol. The van der Waals surface area contributed by atoms with Crippen LogP contribution in [0.2, 0.25) is 0 Å². The van der Waals surface area contributed by atoms with E-state index in [4.69, 9.17) is 0 Å². The Kier molecular flexibility index (Phi) is 6.36. The maximum Gasteiger partial charge on any atom is 0.279 e. The quantitative estimate of drug-likeness (QED) is 0.712. The van der Waals surface area contributed by atoms with Gasteiger partial charge in [0.05, 0.1) is 15.2 Å². The average molecular weight is 380 g/mol. The summed E-state index contributed by atoms with van der Waals surface area (Å²) in [5, 5.41) is 2.96. The van der Waals surface area contributed by atoms with Crippen molar-refractivity contribution in [3.63, 3.8) is 0 Å². The van der Waals surface area contributed by atoms with Crippen LogP contribution < -0.4 is 10.2 Å². The van der Waals surface area contributed by atoms with Crippen LogP contribution in [-0.4, -0.2) is 19.0 Å². The van der Waals surface area contributed by atoms with E-state index in [0.717, 1.165) is 28.1 Å². The molecule has 0 saturated carbocycles. The molecule has 2 aromatic rings. The highest BCUT2D eigenvalue weighted by atomic mass is 79.9. The van der Waals surface area contributed by atoms with E-state index in [1.165, 1.54) is 9.78 Å². The molecule has 0 bridgehead atoms. The fourth-order valence-corrected chi connectivity index (χ4v) is 3.81. The molecule has 1 heterocycles. The molecule has 5 heteroatoms. The lowest BCUT2D eigenvalue weighted by Gasteiger charge is -2.16. The maximum absolute atomic E-state index is 12.2. The van der Waals surface area contributed by atoms with E-state index in [1.807, 2.05) is 43.3 Å². The second-order valence-electron chi connectivity index (χ2n) is 5.22. The lowest BCUT2D eigenvalue weighted by atomic mass is 10.2. The van der Waals surface area contributed by atoms with Gasteiger partial charge in [0.15, 0.2) is 6.54 Å². The SMILES string of the molecule is C=CC[NH+](CC(=O)Nc1cccc(C)c1)Cc1ccc(Br)s1. The summed E-state index contributed by atoms with van der Waals surface area (Å²) < 4.78 is 1.12. The molecule has 0 aliphatic heterocycles. The minimum absolute atomic E-state index is 0.0260.